The zero-order chi connectivity index (χ0) is 9.64. The van der Waals surface area contributed by atoms with Crippen LogP contribution in [0.4, 0.5) is 0 Å². The van der Waals surface area contributed by atoms with Gasteiger partial charge in [0.15, 0.2) is 5.79 Å². The highest BCUT2D eigenvalue weighted by atomic mass is 16.8. The highest BCUT2D eigenvalue weighted by Gasteiger charge is 2.47. The van der Waals surface area contributed by atoms with E-state index in [4.69, 9.17) is 9.47 Å². The number of hydrogen-bond acceptors (Lipinski definition) is 4. The van der Waals surface area contributed by atoms with Gasteiger partial charge in [0.25, 0.3) is 0 Å². The van der Waals surface area contributed by atoms with E-state index < -0.39 is 11.9 Å². The summed E-state index contributed by atoms with van der Waals surface area (Å²) in [5.74, 6) is -0.540. The van der Waals surface area contributed by atoms with Gasteiger partial charge in [-0.05, 0) is 20.9 Å². The van der Waals surface area contributed by atoms with Crippen molar-refractivity contribution in [2.75, 3.05) is 20.1 Å². The molecular weight excluding hydrogens is 170 g/mol. The van der Waals surface area contributed by atoms with Gasteiger partial charge in [0.1, 0.15) is 12.2 Å². The van der Waals surface area contributed by atoms with Gasteiger partial charge in [-0.15, -0.1) is 0 Å². The Bertz CT molecular complexity index is 207. The monoisotopic (exact) mass is 187 g/mol. The van der Waals surface area contributed by atoms with Crippen molar-refractivity contribution in [3.8, 4) is 0 Å². The van der Waals surface area contributed by atoms with Crippen LogP contribution in [-0.4, -0.2) is 54.2 Å². The fourth-order valence-corrected chi connectivity index (χ4v) is 2.14. The van der Waals surface area contributed by atoms with Crippen LogP contribution >= 0.6 is 0 Å². The predicted octanol–water partition coefficient (Wildman–Crippen LogP) is -0.187. The number of β-amino-alcohol motifs (C(OH)–C–C–N with tert-alkyl or cyclic N) is 1. The summed E-state index contributed by atoms with van der Waals surface area (Å²) in [6.07, 6.45) is -0.555. The number of likely N-dealkylation sites (N-methyl/N-ethyl adjacent to an activating group) is 1. The molecular formula is C9H17NO3. The van der Waals surface area contributed by atoms with E-state index in [1.807, 2.05) is 20.9 Å². The predicted molar refractivity (Wildman–Crippen MR) is 47.3 cm³/mol. The van der Waals surface area contributed by atoms with Crippen LogP contribution in [0.25, 0.3) is 0 Å². The van der Waals surface area contributed by atoms with Gasteiger partial charge >= 0.3 is 0 Å². The van der Waals surface area contributed by atoms with E-state index in [-0.39, 0.29) is 12.2 Å². The molecule has 1 N–H and O–H groups in total. The Hall–Kier alpha value is -0.160. The molecule has 0 saturated carbocycles. The van der Waals surface area contributed by atoms with Crippen LogP contribution in [0.1, 0.15) is 13.8 Å². The molecule has 2 rings (SSSR count). The van der Waals surface area contributed by atoms with Crippen LogP contribution in [-0.2, 0) is 9.47 Å². The molecule has 0 aromatic heterocycles. The molecule has 0 aromatic carbocycles. The number of ether oxygens (including phenoxy) is 2. The normalized spacial score (nSPS) is 44.8. The lowest BCUT2D eigenvalue weighted by atomic mass is 10.0. The van der Waals surface area contributed by atoms with Crippen molar-refractivity contribution in [2.24, 2.45) is 0 Å². The Kier molecular flexibility index (Phi) is 2.11. The molecule has 3 atom stereocenters. The maximum absolute atomic E-state index is 9.74. The van der Waals surface area contributed by atoms with Gasteiger partial charge in [-0.3, -0.25) is 0 Å². The van der Waals surface area contributed by atoms with E-state index >= 15 is 0 Å². The zero-order valence-corrected chi connectivity index (χ0v) is 8.36. The summed E-state index contributed by atoms with van der Waals surface area (Å²) < 4.78 is 11.3. The summed E-state index contributed by atoms with van der Waals surface area (Å²) in [4.78, 5) is 2.07. The third kappa shape index (κ3) is 1.72. The quantitative estimate of drug-likeness (QED) is 0.571. The molecule has 2 fully saturated rings. The second-order valence-electron chi connectivity index (χ2n) is 4.43. The summed E-state index contributed by atoms with van der Waals surface area (Å²) in [6, 6.07) is 0. The van der Waals surface area contributed by atoms with Crippen LogP contribution in [0.2, 0.25) is 0 Å². The van der Waals surface area contributed by atoms with Gasteiger partial charge in [0, 0.05) is 13.1 Å². The molecule has 13 heavy (non-hydrogen) atoms. The first-order valence-corrected chi connectivity index (χ1v) is 4.70. The first-order valence-electron chi connectivity index (χ1n) is 4.70. The topological polar surface area (TPSA) is 41.9 Å². The maximum atomic E-state index is 9.74. The minimum absolute atomic E-state index is 0.0174. The molecule has 3 unspecified atom stereocenters. The average Bonchev–Trinajstić information content (AvgIpc) is 2.23. The van der Waals surface area contributed by atoms with Crippen LogP contribution in [0.3, 0.4) is 0 Å². The van der Waals surface area contributed by atoms with Crippen molar-refractivity contribution in [3.63, 3.8) is 0 Å². The Morgan fingerprint density at radius 1 is 1.31 bits per heavy atom. The molecule has 4 nitrogen and oxygen atoms in total. The SMILES string of the molecule is CN1CC(O)C2OC(C)(C)OC2C1. The fraction of sp³-hybridized carbons (Fsp3) is 1.00. The van der Waals surface area contributed by atoms with E-state index in [1.165, 1.54) is 0 Å². The summed E-state index contributed by atoms with van der Waals surface area (Å²) in [5, 5.41) is 9.74. The first-order chi connectivity index (χ1) is 5.98. The molecule has 2 aliphatic rings. The first kappa shape index (κ1) is 9.40. The summed E-state index contributed by atoms with van der Waals surface area (Å²) in [5.41, 5.74) is 0. The highest BCUT2D eigenvalue weighted by Crippen LogP contribution is 2.32. The minimum atomic E-state index is -0.540. The zero-order valence-electron chi connectivity index (χ0n) is 8.36. The molecule has 76 valence electrons. The summed E-state index contributed by atoms with van der Waals surface area (Å²) in [7, 11) is 1.98. The van der Waals surface area contributed by atoms with Crippen LogP contribution < -0.4 is 0 Å². The van der Waals surface area contributed by atoms with Gasteiger partial charge in [-0.2, -0.15) is 0 Å². The third-order valence-electron chi connectivity index (χ3n) is 2.59. The third-order valence-corrected chi connectivity index (χ3v) is 2.59. The van der Waals surface area contributed by atoms with E-state index in [0.29, 0.717) is 6.54 Å². The van der Waals surface area contributed by atoms with E-state index in [0.717, 1.165) is 6.54 Å². The van der Waals surface area contributed by atoms with E-state index in [9.17, 15) is 5.11 Å². The van der Waals surface area contributed by atoms with E-state index in [1.54, 1.807) is 0 Å². The largest absolute Gasteiger partial charge is 0.389 e. The lowest BCUT2D eigenvalue weighted by molar-refractivity contribution is -0.152. The summed E-state index contributed by atoms with van der Waals surface area (Å²) in [6.45, 7) is 5.28. The Balaban J connectivity index is 2.10. The van der Waals surface area contributed by atoms with Crippen molar-refractivity contribution in [3.05, 3.63) is 0 Å². The van der Waals surface area contributed by atoms with Crippen molar-refractivity contribution < 1.29 is 14.6 Å². The Morgan fingerprint density at radius 3 is 2.69 bits per heavy atom. The number of nitrogens with zero attached hydrogens (tertiary/aromatic N) is 1. The number of hydrogen-bond donors (Lipinski definition) is 1. The molecule has 0 radical (unpaired) electrons. The average molecular weight is 187 g/mol. The van der Waals surface area contributed by atoms with Crippen molar-refractivity contribution in [1.82, 2.24) is 4.90 Å². The number of rotatable bonds is 0. The summed E-state index contributed by atoms with van der Waals surface area (Å²) >= 11 is 0. The lowest BCUT2D eigenvalue weighted by Gasteiger charge is -2.33. The fourth-order valence-electron chi connectivity index (χ4n) is 2.14. The molecule has 0 amide bonds. The molecule has 4 heteroatoms. The molecule has 2 heterocycles. The van der Waals surface area contributed by atoms with Crippen molar-refractivity contribution in [2.45, 2.75) is 37.9 Å². The van der Waals surface area contributed by atoms with Gasteiger partial charge < -0.3 is 19.5 Å². The number of likely N-dealkylation sites (tertiary alicyclic amines) is 1. The molecule has 2 saturated heterocycles. The van der Waals surface area contributed by atoms with Crippen molar-refractivity contribution >= 4 is 0 Å². The van der Waals surface area contributed by atoms with Crippen molar-refractivity contribution in [1.29, 1.82) is 0 Å². The number of aliphatic hydroxyl groups is 1. The standard InChI is InChI=1S/C9H17NO3/c1-9(2)12-7-5-10(3)4-6(11)8(7)13-9/h6-8,11H,4-5H2,1-3H3. The van der Waals surface area contributed by atoms with Crippen LogP contribution in [0, 0.1) is 0 Å². The van der Waals surface area contributed by atoms with Gasteiger partial charge in [-0.25, -0.2) is 0 Å². The Labute approximate surface area is 78.4 Å². The Morgan fingerprint density at radius 2 is 2.00 bits per heavy atom. The van der Waals surface area contributed by atoms with Gasteiger partial charge in [0.2, 0.25) is 0 Å². The van der Waals surface area contributed by atoms with Gasteiger partial charge in [0.05, 0.1) is 6.10 Å². The second kappa shape index (κ2) is 2.92. The van der Waals surface area contributed by atoms with Gasteiger partial charge in [-0.1, -0.05) is 0 Å². The number of aliphatic hydroxyl groups excluding tert-OH is 1. The van der Waals surface area contributed by atoms with Crippen LogP contribution in [0.5, 0.6) is 0 Å². The number of piperidine rings is 1. The minimum Gasteiger partial charge on any atom is -0.389 e. The molecule has 0 aliphatic carbocycles. The molecule has 0 aromatic rings. The second-order valence-corrected chi connectivity index (χ2v) is 4.43. The number of fused-ring (bicyclic) bond motifs is 1. The van der Waals surface area contributed by atoms with Crippen LogP contribution in [0.15, 0.2) is 0 Å². The van der Waals surface area contributed by atoms with E-state index in [2.05, 4.69) is 4.90 Å². The molecule has 0 spiro atoms. The lowest BCUT2D eigenvalue weighted by Crippen LogP contribution is -2.52. The molecule has 2 aliphatic heterocycles. The smallest absolute Gasteiger partial charge is 0.163 e. The maximum Gasteiger partial charge on any atom is 0.163 e. The molecule has 0 bridgehead atoms. The highest BCUT2D eigenvalue weighted by molar-refractivity contribution is 4.93.